The summed E-state index contributed by atoms with van der Waals surface area (Å²) in [7, 11) is 1.62. The minimum Gasteiger partial charge on any atom is -0.376 e. The van der Waals surface area contributed by atoms with Crippen molar-refractivity contribution in [3.05, 3.63) is 71.3 Å². The minimum absolute atomic E-state index is 0.0519. The molecule has 2 atom stereocenters. The first kappa shape index (κ1) is 13.7. The standard InChI is InChI=1S/C16H16F2O/c1-11(12-3-7-14(17)8-4-12)16(19-2)13-5-9-15(18)10-6-13/h3-11,16H,1-2H3/t11-,16-/m0/s1. The second-order valence-electron chi connectivity index (χ2n) is 4.55. The third-order valence-corrected chi connectivity index (χ3v) is 3.30. The molecule has 3 heteroatoms. The lowest BCUT2D eigenvalue weighted by Crippen LogP contribution is -2.10. The van der Waals surface area contributed by atoms with Gasteiger partial charge >= 0.3 is 0 Å². The van der Waals surface area contributed by atoms with Crippen LogP contribution < -0.4 is 0 Å². The number of halogens is 2. The van der Waals surface area contributed by atoms with Gasteiger partial charge in [-0.3, -0.25) is 0 Å². The second kappa shape index (κ2) is 5.93. The molecule has 0 aromatic heterocycles. The van der Waals surface area contributed by atoms with E-state index in [0.29, 0.717) is 0 Å². The first-order valence-corrected chi connectivity index (χ1v) is 6.15. The molecule has 2 rings (SSSR count). The highest BCUT2D eigenvalue weighted by molar-refractivity contribution is 5.27. The fourth-order valence-corrected chi connectivity index (χ4v) is 2.22. The van der Waals surface area contributed by atoms with Crippen molar-refractivity contribution < 1.29 is 13.5 Å². The van der Waals surface area contributed by atoms with E-state index in [1.807, 2.05) is 6.92 Å². The molecule has 100 valence electrons. The van der Waals surface area contributed by atoms with Gasteiger partial charge in [-0.05, 0) is 35.4 Å². The van der Waals surface area contributed by atoms with Gasteiger partial charge in [0.1, 0.15) is 11.6 Å². The Balaban J connectivity index is 2.26. The van der Waals surface area contributed by atoms with Crippen molar-refractivity contribution in [1.29, 1.82) is 0 Å². The molecular formula is C16H16F2O. The number of hydrogen-bond donors (Lipinski definition) is 0. The zero-order chi connectivity index (χ0) is 13.8. The molecule has 0 radical (unpaired) electrons. The molecule has 19 heavy (non-hydrogen) atoms. The number of rotatable bonds is 4. The average Bonchev–Trinajstić information content (AvgIpc) is 2.42. The van der Waals surface area contributed by atoms with Crippen molar-refractivity contribution in [2.24, 2.45) is 0 Å². The Morgan fingerprint density at radius 2 is 1.21 bits per heavy atom. The third-order valence-electron chi connectivity index (χ3n) is 3.30. The average molecular weight is 262 g/mol. The van der Waals surface area contributed by atoms with E-state index in [0.717, 1.165) is 11.1 Å². The molecule has 0 unspecified atom stereocenters. The van der Waals surface area contributed by atoms with Gasteiger partial charge in [0.25, 0.3) is 0 Å². The highest BCUT2D eigenvalue weighted by atomic mass is 19.1. The Morgan fingerprint density at radius 3 is 1.63 bits per heavy atom. The zero-order valence-corrected chi connectivity index (χ0v) is 10.9. The Morgan fingerprint density at radius 1 is 0.789 bits per heavy atom. The Kier molecular flexibility index (Phi) is 4.27. The van der Waals surface area contributed by atoms with Gasteiger partial charge < -0.3 is 4.74 Å². The van der Waals surface area contributed by atoms with E-state index < -0.39 is 0 Å². The van der Waals surface area contributed by atoms with Crippen LogP contribution in [-0.2, 0) is 4.74 Å². The SMILES string of the molecule is CO[C@H](c1ccc(F)cc1)[C@@H](C)c1ccc(F)cc1. The van der Waals surface area contributed by atoms with Crippen LogP contribution in [-0.4, -0.2) is 7.11 Å². The van der Waals surface area contributed by atoms with Gasteiger partial charge in [0, 0.05) is 13.0 Å². The maximum atomic E-state index is 12.9. The lowest BCUT2D eigenvalue weighted by atomic mass is 9.90. The summed E-state index contributed by atoms with van der Waals surface area (Å²) in [5.41, 5.74) is 1.89. The largest absolute Gasteiger partial charge is 0.376 e. The van der Waals surface area contributed by atoms with E-state index in [1.165, 1.54) is 24.3 Å². The van der Waals surface area contributed by atoms with Crippen LogP contribution in [0.25, 0.3) is 0 Å². The van der Waals surface area contributed by atoms with E-state index in [1.54, 1.807) is 31.4 Å². The molecule has 0 saturated carbocycles. The number of ether oxygens (including phenoxy) is 1. The quantitative estimate of drug-likeness (QED) is 0.790. The molecule has 0 saturated heterocycles. The van der Waals surface area contributed by atoms with Crippen LogP contribution in [0.4, 0.5) is 8.78 Å². The van der Waals surface area contributed by atoms with E-state index in [-0.39, 0.29) is 23.7 Å². The Labute approximate surface area is 111 Å². The lowest BCUT2D eigenvalue weighted by Gasteiger charge is -2.23. The monoisotopic (exact) mass is 262 g/mol. The van der Waals surface area contributed by atoms with Crippen LogP contribution in [0, 0.1) is 11.6 Å². The highest BCUT2D eigenvalue weighted by Crippen LogP contribution is 2.33. The molecule has 0 spiro atoms. The van der Waals surface area contributed by atoms with Crippen molar-refractivity contribution in [3.63, 3.8) is 0 Å². The minimum atomic E-state index is -0.270. The normalized spacial score (nSPS) is 14.1. The van der Waals surface area contributed by atoms with E-state index in [2.05, 4.69) is 0 Å². The summed E-state index contributed by atoms with van der Waals surface area (Å²) < 4.78 is 31.4. The predicted octanol–water partition coefficient (Wildman–Crippen LogP) is 4.46. The summed E-state index contributed by atoms with van der Waals surface area (Å²) in [5.74, 6) is -0.476. The summed E-state index contributed by atoms with van der Waals surface area (Å²) in [5, 5.41) is 0. The lowest BCUT2D eigenvalue weighted by molar-refractivity contribution is 0.0835. The number of benzene rings is 2. The fourth-order valence-electron chi connectivity index (χ4n) is 2.22. The maximum Gasteiger partial charge on any atom is 0.123 e. The molecule has 0 aliphatic carbocycles. The molecule has 0 heterocycles. The van der Waals surface area contributed by atoms with Gasteiger partial charge in [-0.25, -0.2) is 8.78 Å². The van der Waals surface area contributed by atoms with Crippen molar-refractivity contribution in [2.75, 3.05) is 7.11 Å². The summed E-state index contributed by atoms with van der Waals surface area (Å²) in [6, 6.07) is 12.6. The van der Waals surface area contributed by atoms with Crippen LogP contribution in [0.2, 0.25) is 0 Å². The van der Waals surface area contributed by atoms with Gasteiger partial charge in [0.05, 0.1) is 6.10 Å². The topological polar surface area (TPSA) is 9.23 Å². The van der Waals surface area contributed by atoms with Crippen molar-refractivity contribution in [3.8, 4) is 0 Å². The van der Waals surface area contributed by atoms with Crippen LogP contribution in [0.15, 0.2) is 48.5 Å². The zero-order valence-electron chi connectivity index (χ0n) is 10.9. The van der Waals surface area contributed by atoms with E-state index in [4.69, 9.17) is 4.74 Å². The first-order valence-electron chi connectivity index (χ1n) is 6.15. The molecule has 2 aromatic carbocycles. The molecule has 0 amide bonds. The smallest absolute Gasteiger partial charge is 0.123 e. The molecule has 0 aliphatic heterocycles. The number of hydrogen-bond acceptors (Lipinski definition) is 1. The first-order chi connectivity index (χ1) is 9.11. The van der Waals surface area contributed by atoms with Gasteiger partial charge in [-0.15, -0.1) is 0 Å². The molecule has 0 aliphatic rings. The summed E-state index contributed by atoms with van der Waals surface area (Å²) in [4.78, 5) is 0. The molecular weight excluding hydrogens is 246 g/mol. The summed E-state index contributed by atoms with van der Waals surface area (Å²) in [6.07, 6.45) is -0.189. The fraction of sp³-hybridized carbons (Fsp3) is 0.250. The van der Waals surface area contributed by atoms with Crippen molar-refractivity contribution in [1.82, 2.24) is 0 Å². The van der Waals surface area contributed by atoms with Crippen molar-refractivity contribution >= 4 is 0 Å². The highest BCUT2D eigenvalue weighted by Gasteiger charge is 2.20. The van der Waals surface area contributed by atoms with E-state index >= 15 is 0 Å². The number of methoxy groups -OCH3 is 1. The van der Waals surface area contributed by atoms with Crippen LogP contribution in [0.5, 0.6) is 0 Å². The van der Waals surface area contributed by atoms with Crippen LogP contribution in [0.3, 0.4) is 0 Å². The summed E-state index contributed by atoms with van der Waals surface area (Å²) >= 11 is 0. The Bertz CT molecular complexity index is 519. The van der Waals surface area contributed by atoms with Crippen molar-refractivity contribution in [2.45, 2.75) is 18.9 Å². The van der Waals surface area contributed by atoms with Crippen LogP contribution >= 0.6 is 0 Å². The van der Waals surface area contributed by atoms with E-state index in [9.17, 15) is 8.78 Å². The molecule has 0 bridgehead atoms. The van der Waals surface area contributed by atoms with Gasteiger partial charge in [-0.2, -0.15) is 0 Å². The van der Waals surface area contributed by atoms with Gasteiger partial charge in [0.2, 0.25) is 0 Å². The molecule has 0 fully saturated rings. The molecule has 0 N–H and O–H groups in total. The van der Waals surface area contributed by atoms with Gasteiger partial charge in [-0.1, -0.05) is 31.2 Å². The predicted molar refractivity (Wildman–Crippen MR) is 71.0 cm³/mol. The Hall–Kier alpha value is -1.74. The summed E-state index contributed by atoms with van der Waals surface area (Å²) in [6.45, 7) is 2.00. The third kappa shape index (κ3) is 3.18. The molecule has 1 nitrogen and oxygen atoms in total. The second-order valence-corrected chi connectivity index (χ2v) is 4.55. The van der Waals surface area contributed by atoms with Gasteiger partial charge in [0.15, 0.2) is 0 Å². The molecule has 2 aromatic rings. The van der Waals surface area contributed by atoms with Crippen LogP contribution in [0.1, 0.15) is 30.1 Å². The maximum absolute atomic E-state index is 12.9.